The Kier molecular flexibility index (Phi) is 5.72. The van der Waals surface area contributed by atoms with Crippen LogP contribution in [0.25, 0.3) is 16.5 Å². The monoisotopic (exact) mass is 431 g/mol. The Morgan fingerprint density at radius 3 is 2.68 bits per heavy atom. The van der Waals surface area contributed by atoms with E-state index in [0.717, 1.165) is 0 Å². The van der Waals surface area contributed by atoms with Gasteiger partial charge in [0.25, 0.3) is 5.91 Å². The van der Waals surface area contributed by atoms with Crippen molar-refractivity contribution in [3.05, 3.63) is 71.6 Å². The summed E-state index contributed by atoms with van der Waals surface area (Å²) in [6.07, 6.45) is 4.49. The second kappa shape index (κ2) is 8.93. The van der Waals surface area contributed by atoms with Crippen LogP contribution in [0.15, 0.2) is 60.4 Å². The van der Waals surface area contributed by atoms with E-state index in [4.69, 9.17) is 4.74 Å². The summed E-state index contributed by atoms with van der Waals surface area (Å²) in [5, 5.41) is 18.0. The van der Waals surface area contributed by atoms with E-state index < -0.39 is 18.5 Å². The second-order valence-corrected chi connectivity index (χ2v) is 6.86. The van der Waals surface area contributed by atoms with Crippen LogP contribution in [0.5, 0.6) is 0 Å². The van der Waals surface area contributed by atoms with E-state index in [0.29, 0.717) is 16.5 Å². The number of amides is 1. The van der Waals surface area contributed by atoms with Crippen LogP contribution in [-0.2, 0) is 9.53 Å². The van der Waals surface area contributed by atoms with Crippen LogP contribution in [0.3, 0.4) is 0 Å². The summed E-state index contributed by atoms with van der Waals surface area (Å²) in [5.41, 5.74) is 0.886. The van der Waals surface area contributed by atoms with Crippen molar-refractivity contribution in [3.63, 3.8) is 0 Å². The molecular formula is C20H13N7O3S. The van der Waals surface area contributed by atoms with Crippen LogP contribution < -0.4 is 5.32 Å². The molecule has 1 aromatic carbocycles. The lowest BCUT2D eigenvalue weighted by molar-refractivity contribution is -0.119. The van der Waals surface area contributed by atoms with Crippen LogP contribution in [0, 0.1) is 11.3 Å². The molecule has 0 aliphatic heterocycles. The van der Waals surface area contributed by atoms with E-state index in [1.807, 2.05) is 12.1 Å². The zero-order chi connectivity index (χ0) is 21.6. The molecule has 0 unspecified atom stereocenters. The van der Waals surface area contributed by atoms with Gasteiger partial charge in [-0.05, 0) is 18.2 Å². The molecule has 1 N–H and O–H groups in total. The number of esters is 1. The average Bonchev–Trinajstić information content (AvgIpc) is 3.46. The number of hydrogen-bond acceptors (Lipinski definition) is 9. The van der Waals surface area contributed by atoms with E-state index in [1.54, 1.807) is 42.7 Å². The van der Waals surface area contributed by atoms with Crippen molar-refractivity contribution in [3.8, 4) is 22.6 Å². The highest BCUT2D eigenvalue weighted by Gasteiger charge is 2.18. The van der Waals surface area contributed by atoms with Gasteiger partial charge in [0.15, 0.2) is 29.0 Å². The molecule has 0 bridgehead atoms. The summed E-state index contributed by atoms with van der Waals surface area (Å²) in [6, 6.07) is 12.6. The standard InChI is InChI=1S/C20H13N7O3S/c21-9-13-10-24-27(14-5-2-1-3-6-14)18(13)26-16(28)11-30-20(29)15-12-31-19(25-15)17-22-7-4-8-23-17/h1-8,10,12H,11H2,(H,26,28). The van der Waals surface area contributed by atoms with Gasteiger partial charge in [0.1, 0.15) is 11.6 Å². The fraction of sp³-hybridized carbons (Fsp3) is 0.0500. The molecule has 0 saturated carbocycles. The van der Waals surface area contributed by atoms with Crippen LogP contribution in [0.4, 0.5) is 5.82 Å². The van der Waals surface area contributed by atoms with Gasteiger partial charge >= 0.3 is 5.97 Å². The van der Waals surface area contributed by atoms with Gasteiger partial charge in [-0.1, -0.05) is 18.2 Å². The van der Waals surface area contributed by atoms with Crippen molar-refractivity contribution < 1.29 is 14.3 Å². The van der Waals surface area contributed by atoms with E-state index in [2.05, 4.69) is 25.4 Å². The third-order valence-electron chi connectivity index (χ3n) is 3.95. The number of benzene rings is 1. The molecule has 0 aliphatic carbocycles. The Bertz CT molecular complexity index is 1260. The highest BCUT2D eigenvalue weighted by atomic mass is 32.1. The van der Waals surface area contributed by atoms with E-state index in [1.165, 1.54) is 27.6 Å². The number of anilines is 1. The fourth-order valence-electron chi connectivity index (χ4n) is 2.57. The van der Waals surface area contributed by atoms with Gasteiger partial charge in [-0.2, -0.15) is 10.4 Å². The second-order valence-electron chi connectivity index (χ2n) is 6.00. The minimum Gasteiger partial charge on any atom is -0.451 e. The van der Waals surface area contributed by atoms with Crippen molar-refractivity contribution in [1.82, 2.24) is 24.7 Å². The van der Waals surface area contributed by atoms with Gasteiger partial charge in [-0.15, -0.1) is 11.3 Å². The largest absolute Gasteiger partial charge is 0.451 e. The quantitative estimate of drug-likeness (QED) is 0.460. The Morgan fingerprint density at radius 1 is 1.16 bits per heavy atom. The minimum atomic E-state index is -0.759. The molecule has 152 valence electrons. The molecule has 31 heavy (non-hydrogen) atoms. The summed E-state index contributed by atoms with van der Waals surface area (Å²) in [6.45, 7) is -0.557. The molecule has 4 aromatic rings. The summed E-state index contributed by atoms with van der Waals surface area (Å²) >= 11 is 1.19. The number of ether oxygens (including phenoxy) is 1. The maximum atomic E-state index is 12.3. The maximum absolute atomic E-state index is 12.3. The Hall–Kier alpha value is -4.43. The molecule has 10 nitrogen and oxygen atoms in total. The number of rotatable bonds is 6. The first-order valence-electron chi connectivity index (χ1n) is 8.89. The molecule has 0 saturated heterocycles. The van der Waals surface area contributed by atoms with E-state index in [-0.39, 0.29) is 17.1 Å². The maximum Gasteiger partial charge on any atom is 0.358 e. The number of hydrogen-bond donors (Lipinski definition) is 1. The van der Waals surface area contributed by atoms with Crippen molar-refractivity contribution in [2.24, 2.45) is 0 Å². The highest BCUT2D eigenvalue weighted by Crippen LogP contribution is 2.21. The molecule has 3 heterocycles. The SMILES string of the molecule is N#Cc1cnn(-c2ccccc2)c1NC(=O)COC(=O)c1csc(-c2ncccn2)n1. The molecule has 0 aliphatic rings. The predicted octanol–water partition coefficient (Wildman–Crippen LogP) is 2.45. The number of carbonyl (C=O) groups is 2. The molecule has 4 rings (SSSR count). The van der Waals surface area contributed by atoms with E-state index >= 15 is 0 Å². The van der Waals surface area contributed by atoms with Crippen molar-refractivity contribution >= 4 is 29.0 Å². The molecular weight excluding hydrogens is 418 g/mol. The first kappa shape index (κ1) is 19.9. The highest BCUT2D eigenvalue weighted by molar-refractivity contribution is 7.13. The van der Waals surface area contributed by atoms with Gasteiger partial charge < -0.3 is 10.1 Å². The van der Waals surface area contributed by atoms with Crippen molar-refractivity contribution in [2.75, 3.05) is 11.9 Å². The zero-order valence-corrected chi connectivity index (χ0v) is 16.6. The zero-order valence-electron chi connectivity index (χ0n) is 15.8. The third-order valence-corrected chi connectivity index (χ3v) is 4.79. The average molecular weight is 431 g/mol. The molecule has 1 amide bonds. The first-order valence-corrected chi connectivity index (χ1v) is 9.77. The first-order chi connectivity index (χ1) is 15.2. The summed E-state index contributed by atoms with van der Waals surface area (Å²) in [4.78, 5) is 36.9. The number of nitrogens with zero attached hydrogens (tertiary/aromatic N) is 6. The Balaban J connectivity index is 1.41. The summed E-state index contributed by atoms with van der Waals surface area (Å²) in [7, 11) is 0. The minimum absolute atomic E-state index is 0.0484. The third kappa shape index (κ3) is 4.44. The van der Waals surface area contributed by atoms with Crippen LogP contribution in [0.1, 0.15) is 16.1 Å². The molecule has 0 spiro atoms. The van der Waals surface area contributed by atoms with Crippen LogP contribution in [0.2, 0.25) is 0 Å². The molecule has 3 aromatic heterocycles. The van der Waals surface area contributed by atoms with Gasteiger partial charge in [-0.25, -0.2) is 24.4 Å². The van der Waals surface area contributed by atoms with Crippen LogP contribution >= 0.6 is 11.3 Å². The smallest absolute Gasteiger partial charge is 0.358 e. The van der Waals surface area contributed by atoms with Gasteiger partial charge in [0, 0.05) is 17.8 Å². The lowest BCUT2D eigenvalue weighted by atomic mass is 10.3. The number of aromatic nitrogens is 5. The Labute approximate surface area is 179 Å². The summed E-state index contributed by atoms with van der Waals surface area (Å²) < 4.78 is 6.47. The van der Waals surface area contributed by atoms with Crippen molar-refractivity contribution in [2.45, 2.75) is 0 Å². The number of nitrogens with one attached hydrogen (secondary N) is 1. The molecule has 0 fully saturated rings. The van der Waals surface area contributed by atoms with Crippen LogP contribution in [-0.4, -0.2) is 43.2 Å². The molecule has 0 radical (unpaired) electrons. The normalized spacial score (nSPS) is 10.3. The number of nitriles is 1. The van der Waals surface area contributed by atoms with E-state index in [9.17, 15) is 14.9 Å². The molecule has 11 heteroatoms. The Morgan fingerprint density at radius 2 is 1.94 bits per heavy atom. The lowest BCUT2D eigenvalue weighted by Crippen LogP contribution is -2.23. The van der Waals surface area contributed by atoms with Gasteiger partial charge in [0.2, 0.25) is 0 Å². The topological polar surface area (TPSA) is 136 Å². The molecule has 0 atom stereocenters. The number of carbonyl (C=O) groups excluding carboxylic acids is 2. The predicted molar refractivity (Wildman–Crippen MR) is 110 cm³/mol. The number of para-hydroxylation sites is 1. The fourth-order valence-corrected chi connectivity index (χ4v) is 3.30. The van der Waals surface area contributed by atoms with Crippen molar-refractivity contribution in [1.29, 1.82) is 5.26 Å². The van der Waals surface area contributed by atoms with Gasteiger partial charge in [0.05, 0.1) is 11.9 Å². The number of thiazole rings is 1. The van der Waals surface area contributed by atoms with Gasteiger partial charge in [-0.3, -0.25) is 4.79 Å². The summed E-state index contributed by atoms with van der Waals surface area (Å²) in [5.74, 6) is -0.801. The lowest BCUT2D eigenvalue weighted by Gasteiger charge is -2.09.